The van der Waals surface area contributed by atoms with Crippen LogP contribution in [0.15, 0.2) is 0 Å². The first-order valence-corrected chi connectivity index (χ1v) is 3.54. The van der Waals surface area contributed by atoms with Gasteiger partial charge in [0.25, 0.3) is 0 Å². The lowest BCUT2D eigenvalue weighted by atomic mass is 10.3. The van der Waals surface area contributed by atoms with Gasteiger partial charge in [-0.3, -0.25) is 0 Å². The van der Waals surface area contributed by atoms with E-state index in [9.17, 15) is 0 Å². The minimum atomic E-state index is 0.889. The van der Waals surface area contributed by atoms with Gasteiger partial charge in [-0.15, -0.1) is 0 Å². The van der Waals surface area contributed by atoms with E-state index in [0.717, 1.165) is 4.75 Å². The van der Waals surface area contributed by atoms with Crippen molar-refractivity contribution in [3.8, 4) is 0 Å². The van der Waals surface area contributed by atoms with Crippen molar-refractivity contribution in [3.63, 3.8) is 0 Å². The molecule has 2 rings (SSSR count). The summed E-state index contributed by atoms with van der Waals surface area (Å²) in [5, 5.41) is 0. The number of thioether (sulfide) groups is 1. The van der Waals surface area contributed by atoms with Crippen LogP contribution in [0.2, 0.25) is 0 Å². The maximum Gasteiger partial charge on any atom is 0.0169 e. The molecule has 0 nitrogen and oxygen atoms in total. The van der Waals surface area contributed by atoms with E-state index in [1.807, 2.05) is 0 Å². The molecule has 1 aliphatic heterocycles. The average molecular weight is 100 g/mol. The highest BCUT2D eigenvalue weighted by molar-refractivity contribution is 8.02. The van der Waals surface area contributed by atoms with Gasteiger partial charge in [0.1, 0.15) is 0 Å². The molecule has 0 unspecified atom stereocenters. The Morgan fingerprint density at radius 3 is 1.83 bits per heavy atom. The quantitative estimate of drug-likeness (QED) is 0.446. The van der Waals surface area contributed by atoms with Gasteiger partial charge in [0, 0.05) is 4.75 Å². The van der Waals surface area contributed by atoms with Gasteiger partial charge in [-0.05, 0) is 25.0 Å². The van der Waals surface area contributed by atoms with Crippen LogP contribution in [0.25, 0.3) is 0 Å². The molecule has 0 aromatic carbocycles. The van der Waals surface area contributed by atoms with Crippen molar-refractivity contribution in [1.29, 1.82) is 0 Å². The fourth-order valence-corrected chi connectivity index (χ4v) is 2.10. The van der Waals surface area contributed by atoms with Crippen molar-refractivity contribution in [1.82, 2.24) is 0 Å². The summed E-state index contributed by atoms with van der Waals surface area (Å²) in [5.74, 6) is 1.44. The third-order valence-electron chi connectivity index (χ3n) is 1.77. The highest BCUT2D eigenvalue weighted by atomic mass is 32.2. The van der Waals surface area contributed by atoms with Crippen molar-refractivity contribution >= 4 is 11.8 Å². The summed E-state index contributed by atoms with van der Waals surface area (Å²) in [6.07, 6.45) is 4.58. The van der Waals surface area contributed by atoms with Crippen LogP contribution in [0, 0.1) is 0 Å². The van der Waals surface area contributed by atoms with E-state index in [2.05, 4.69) is 11.8 Å². The highest BCUT2D eigenvalue weighted by Crippen LogP contribution is 2.58. The molecule has 2 fully saturated rings. The molecule has 0 radical (unpaired) electrons. The van der Waals surface area contributed by atoms with Crippen molar-refractivity contribution in [3.05, 3.63) is 0 Å². The van der Waals surface area contributed by atoms with E-state index >= 15 is 0 Å². The molecule has 0 aromatic heterocycles. The molecular formula is C5H8S. The van der Waals surface area contributed by atoms with Gasteiger partial charge < -0.3 is 0 Å². The predicted molar refractivity (Wildman–Crippen MR) is 29.0 cm³/mol. The molecule has 1 saturated heterocycles. The molecule has 0 bridgehead atoms. The first-order chi connectivity index (χ1) is 2.91. The van der Waals surface area contributed by atoms with Gasteiger partial charge >= 0.3 is 0 Å². The summed E-state index contributed by atoms with van der Waals surface area (Å²) in [5.41, 5.74) is 0. The second-order valence-electron chi connectivity index (χ2n) is 2.28. The fraction of sp³-hybridized carbons (Fsp3) is 1.00. The second kappa shape index (κ2) is 0.786. The Bertz CT molecular complexity index is 68.0. The first kappa shape index (κ1) is 3.36. The molecule has 6 heavy (non-hydrogen) atoms. The smallest absolute Gasteiger partial charge is 0.0169 e. The van der Waals surface area contributed by atoms with E-state index in [0.29, 0.717) is 0 Å². The third kappa shape index (κ3) is 0.274. The summed E-state index contributed by atoms with van der Waals surface area (Å²) in [7, 11) is 0. The average Bonchev–Trinajstić information content (AvgIpc) is 2.02. The summed E-state index contributed by atoms with van der Waals surface area (Å²) in [6, 6.07) is 0. The Morgan fingerprint density at radius 2 is 1.83 bits per heavy atom. The van der Waals surface area contributed by atoms with Crippen molar-refractivity contribution in [2.24, 2.45) is 0 Å². The molecule has 2 aliphatic rings. The van der Waals surface area contributed by atoms with E-state index in [1.54, 1.807) is 0 Å². The second-order valence-corrected chi connectivity index (χ2v) is 3.84. The Kier molecular flexibility index (Phi) is 0.441. The molecule has 0 N–H and O–H groups in total. The zero-order valence-electron chi connectivity index (χ0n) is 3.74. The SMILES string of the molecule is C1CC2(CC2)S1. The molecule has 1 saturated carbocycles. The van der Waals surface area contributed by atoms with Gasteiger partial charge in [0.2, 0.25) is 0 Å². The maximum absolute atomic E-state index is 2.17. The molecule has 1 heteroatoms. The lowest BCUT2D eigenvalue weighted by Crippen LogP contribution is -2.15. The van der Waals surface area contributed by atoms with Gasteiger partial charge in [-0.25, -0.2) is 0 Å². The van der Waals surface area contributed by atoms with Crippen LogP contribution in [-0.2, 0) is 0 Å². The van der Waals surface area contributed by atoms with Crippen LogP contribution in [0.1, 0.15) is 19.3 Å². The minimum absolute atomic E-state index is 0.889. The Balaban J connectivity index is 2.09. The largest absolute Gasteiger partial charge is 0.155 e. The van der Waals surface area contributed by atoms with Crippen LogP contribution >= 0.6 is 11.8 Å². The monoisotopic (exact) mass is 100 g/mol. The molecule has 1 spiro atoms. The molecule has 0 amide bonds. The Hall–Kier alpha value is 0.350. The molecular weight excluding hydrogens is 92.1 g/mol. The zero-order chi connectivity index (χ0) is 4.04. The molecule has 1 aliphatic carbocycles. The summed E-state index contributed by atoms with van der Waals surface area (Å²) < 4.78 is 0.889. The van der Waals surface area contributed by atoms with Crippen LogP contribution in [-0.4, -0.2) is 10.5 Å². The molecule has 1 heterocycles. The Morgan fingerprint density at radius 1 is 1.17 bits per heavy atom. The third-order valence-corrected chi connectivity index (χ3v) is 3.41. The molecule has 0 aromatic rings. The summed E-state index contributed by atoms with van der Waals surface area (Å²) >= 11 is 2.17. The number of hydrogen-bond acceptors (Lipinski definition) is 1. The van der Waals surface area contributed by atoms with E-state index in [-0.39, 0.29) is 0 Å². The van der Waals surface area contributed by atoms with E-state index < -0.39 is 0 Å². The lowest BCUT2D eigenvalue weighted by molar-refractivity contribution is 0.806. The van der Waals surface area contributed by atoms with Gasteiger partial charge in [0.05, 0.1) is 0 Å². The number of rotatable bonds is 0. The standard InChI is InChI=1S/C5H8S/c1-2-5(1)3-4-6-5/h1-4H2. The number of hydrogen-bond donors (Lipinski definition) is 0. The van der Waals surface area contributed by atoms with Gasteiger partial charge in [-0.2, -0.15) is 11.8 Å². The predicted octanol–water partition coefficient (Wildman–Crippen LogP) is 1.66. The Labute approximate surface area is 42.3 Å². The lowest BCUT2D eigenvalue weighted by Gasteiger charge is -2.23. The molecule has 34 valence electrons. The summed E-state index contributed by atoms with van der Waals surface area (Å²) in [4.78, 5) is 0. The van der Waals surface area contributed by atoms with Gasteiger partial charge in [-0.1, -0.05) is 0 Å². The highest BCUT2D eigenvalue weighted by Gasteiger charge is 2.48. The zero-order valence-corrected chi connectivity index (χ0v) is 4.55. The normalized spacial score (nSPS) is 36.0. The van der Waals surface area contributed by atoms with E-state index in [4.69, 9.17) is 0 Å². The first-order valence-electron chi connectivity index (χ1n) is 2.55. The van der Waals surface area contributed by atoms with Crippen LogP contribution < -0.4 is 0 Å². The van der Waals surface area contributed by atoms with Crippen molar-refractivity contribution in [2.75, 3.05) is 5.75 Å². The summed E-state index contributed by atoms with van der Waals surface area (Å²) in [6.45, 7) is 0. The minimum Gasteiger partial charge on any atom is -0.155 e. The van der Waals surface area contributed by atoms with Crippen LogP contribution in [0.3, 0.4) is 0 Å². The van der Waals surface area contributed by atoms with Crippen molar-refractivity contribution in [2.45, 2.75) is 24.0 Å². The van der Waals surface area contributed by atoms with Crippen molar-refractivity contribution < 1.29 is 0 Å². The van der Waals surface area contributed by atoms with Gasteiger partial charge in [0.15, 0.2) is 0 Å². The maximum atomic E-state index is 2.17. The molecule has 0 atom stereocenters. The topological polar surface area (TPSA) is 0 Å². The van der Waals surface area contributed by atoms with E-state index in [1.165, 1.54) is 25.0 Å². The fourth-order valence-electron chi connectivity index (χ4n) is 0.924. The van der Waals surface area contributed by atoms with Crippen LogP contribution in [0.5, 0.6) is 0 Å². The van der Waals surface area contributed by atoms with Crippen LogP contribution in [0.4, 0.5) is 0 Å².